The van der Waals surface area contributed by atoms with Crippen molar-refractivity contribution < 1.29 is 19.4 Å². The molecular formula is C13H16O4. The zero-order chi connectivity index (χ0) is 12.1. The molecule has 4 nitrogen and oxygen atoms in total. The van der Waals surface area contributed by atoms with E-state index in [1.165, 1.54) is 0 Å². The van der Waals surface area contributed by atoms with Crippen molar-refractivity contribution in [2.24, 2.45) is 0 Å². The van der Waals surface area contributed by atoms with E-state index in [1.807, 2.05) is 24.3 Å². The Balaban J connectivity index is 2.02. The summed E-state index contributed by atoms with van der Waals surface area (Å²) in [7, 11) is 0. The first kappa shape index (κ1) is 11.9. The summed E-state index contributed by atoms with van der Waals surface area (Å²) in [6.45, 7) is 1.72. The van der Waals surface area contributed by atoms with E-state index in [4.69, 9.17) is 14.6 Å². The SMILES string of the molecule is O=C(O)CCOc1ccccc1C1CCOC1. The van der Waals surface area contributed by atoms with Gasteiger partial charge in [0.05, 0.1) is 19.6 Å². The Bertz CT molecular complexity index is 383. The predicted molar refractivity (Wildman–Crippen MR) is 62.4 cm³/mol. The average Bonchev–Trinajstić information content (AvgIpc) is 2.82. The third-order valence-corrected chi connectivity index (χ3v) is 2.86. The van der Waals surface area contributed by atoms with Gasteiger partial charge in [-0.15, -0.1) is 0 Å². The van der Waals surface area contributed by atoms with Crippen molar-refractivity contribution in [2.75, 3.05) is 19.8 Å². The maximum Gasteiger partial charge on any atom is 0.306 e. The second-order valence-corrected chi connectivity index (χ2v) is 4.09. The first-order valence-electron chi connectivity index (χ1n) is 5.78. The molecule has 1 heterocycles. The molecule has 1 saturated heterocycles. The van der Waals surface area contributed by atoms with E-state index in [2.05, 4.69) is 0 Å². The van der Waals surface area contributed by atoms with Crippen LogP contribution in [0.4, 0.5) is 0 Å². The normalized spacial score (nSPS) is 19.2. The van der Waals surface area contributed by atoms with E-state index >= 15 is 0 Å². The molecule has 0 aliphatic carbocycles. The quantitative estimate of drug-likeness (QED) is 0.850. The van der Waals surface area contributed by atoms with E-state index in [0.29, 0.717) is 5.92 Å². The van der Waals surface area contributed by atoms with Gasteiger partial charge in [-0.25, -0.2) is 0 Å². The highest BCUT2D eigenvalue weighted by Gasteiger charge is 2.20. The monoisotopic (exact) mass is 236 g/mol. The fourth-order valence-electron chi connectivity index (χ4n) is 1.98. The molecule has 4 heteroatoms. The van der Waals surface area contributed by atoms with Crippen molar-refractivity contribution in [1.82, 2.24) is 0 Å². The molecule has 1 atom stereocenters. The Morgan fingerprint density at radius 3 is 3.00 bits per heavy atom. The minimum atomic E-state index is -0.841. The minimum Gasteiger partial charge on any atom is -0.493 e. The zero-order valence-corrected chi connectivity index (χ0v) is 9.59. The second-order valence-electron chi connectivity index (χ2n) is 4.09. The van der Waals surface area contributed by atoms with Gasteiger partial charge in [-0.3, -0.25) is 4.79 Å². The van der Waals surface area contributed by atoms with E-state index in [-0.39, 0.29) is 13.0 Å². The van der Waals surface area contributed by atoms with Crippen LogP contribution in [0.25, 0.3) is 0 Å². The van der Waals surface area contributed by atoms with E-state index in [9.17, 15) is 4.79 Å². The Hall–Kier alpha value is -1.55. The Morgan fingerprint density at radius 1 is 1.47 bits per heavy atom. The Morgan fingerprint density at radius 2 is 2.29 bits per heavy atom. The van der Waals surface area contributed by atoms with Gasteiger partial charge in [-0.05, 0) is 18.1 Å². The van der Waals surface area contributed by atoms with Crippen LogP contribution in [-0.4, -0.2) is 30.9 Å². The number of benzene rings is 1. The molecule has 1 aliphatic rings. The summed E-state index contributed by atoms with van der Waals surface area (Å²) in [6.07, 6.45) is 1.02. The summed E-state index contributed by atoms with van der Waals surface area (Å²) >= 11 is 0. The molecule has 0 amide bonds. The van der Waals surface area contributed by atoms with Gasteiger partial charge in [0.15, 0.2) is 0 Å². The van der Waals surface area contributed by atoms with Gasteiger partial charge in [-0.1, -0.05) is 18.2 Å². The van der Waals surface area contributed by atoms with Crippen LogP contribution in [0.5, 0.6) is 5.75 Å². The van der Waals surface area contributed by atoms with Gasteiger partial charge in [0, 0.05) is 12.5 Å². The van der Waals surface area contributed by atoms with Crippen molar-refractivity contribution in [2.45, 2.75) is 18.8 Å². The second kappa shape index (κ2) is 5.68. The summed E-state index contributed by atoms with van der Waals surface area (Å²) in [6, 6.07) is 7.78. The summed E-state index contributed by atoms with van der Waals surface area (Å²) in [5.41, 5.74) is 1.12. The van der Waals surface area contributed by atoms with Gasteiger partial charge in [0.2, 0.25) is 0 Å². The van der Waals surface area contributed by atoms with E-state index in [0.717, 1.165) is 30.9 Å². The van der Waals surface area contributed by atoms with Crippen molar-refractivity contribution >= 4 is 5.97 Å². The topological polar surface area (TPSA) is 55.8 Å². The molecule has 1 unspecified atom stereocenters. The van der Waals surface area contributed by atoms with Crippen LogP contribution in [0.15, 0.2) is 24.3 Å². The summed E-state index contributed by atoms with van der Waals surface area (Å²) in [4.78, 5) is 10.4. The molecular weight excluding hydrogens is 220 g/mol. The molecule has 0 saturated carbocycles. The third kappa shape index (κ3) is 3.20. The highest BCUT2D eigenvalue weighted by molar-refractivity contribution is 5.66. The molecule has 0 radical (unpaired) electrons. The highest BCUT2D eigenvalue weighted by Crippen LogP contribution is 2.32. The van der Waals surface area contributed by atoms with Crippen LogP contribution in [0.3, 0.4) is 0 Å². The molecule has 0 aromatic heterocycles. The Kier molecular flexibility index (Phi) is 3.98. The van der Waals surface area contributed by atoms with Crippen molar-refractivity contribution in [1.29, 1.82) is 0 Å². The number of rotatable bonds is 5. The molecule has 0 bridgehead atoms. The molecule has 92 valence electrons. The fraction of sp³-hybridized carbons (Fsp3) is 0.462. The van der Waals surface area contributed by atoms with Gasteiger partial charge in [0.25, 0.3) is 0 Å². The molecule has 1 aromatic carbocycles. The summed E-state index contributed by atoms with van der Waals surface area (Å²) < 4.78 is 10.9. The third-order valence-electron chi connectivity index (χ3n) is 2.86. The average molecular weight is 236 g/mol. The van der Waals surface area contributed by atoms with E-state index in [1.54, 1.807) is 0 Å². The highest BCUT2D eigenvalue weighted by atomic mass is 16.5. The molecule has 2 rings (SSSR count). The smallest absolute Gasteiger partial charge is 0.306 e. The molecule has 1 fully saturated rings. The lowest BCUT2D eigenvalue weighted by atomic mass is 9.98. The van der Waals surface area contributed by atoms with Crippen LogP contribution in [0.1, 0.15) is 24.3 Å². The van der Waals surface area contributed by atoms with Crippen molar-refractivity contribution in [3.63, 3.8) is 0 Å². The number of hydrogen-bond acceptors (Lipinski definition) is 3. The number of hydrogen-bond donors (Lipinski definition) is 1. The number of para-hydroxylation sites is 1. The zero-order valence-electron chi connectivity index (χ0n) is 9.59. The van der Waals surface area contributed by atoms with Crippen LogP contribution >= 0.6 is 0 Å². The molecule has 17 heavy (non-hydrogen) atoms. The lowest BCUT2D eigenvalue weighted by Gasteiger charge is -2.14. The maximum atomic E-state index is 10.4. The fourth-order valence-corrected chi connectivity index (χ4v) is 1.98. The van der Waals surface area contributed by atoms with Crippen molar-refractivity contribution in [3.8, 4) is 5.75 Å². The minimum absolute atomic E-state index is 0.0233. The summed E-state index contributed by atoms with van der Waals surface area (Å²) in [5, 5.41) is 8.57. The number of carbonyl (C=O) groups is 1. The van der Waals surface area contributed by atoms with Crippen LogP contribution < -0.4 is 4.74 Å². The molecule has 1 N–H and O–H groups in total. The van der Waals surface area contributed by atoms with Crippen LogP contribution in [-0.2, 0) is 9.53 Å². The lowest BCUT2D eigenvalue weighted by Crippen LogP contribution is -2.07. The number of carboxylic acid groups (broad SMARTS) is 1. The standard InChI is InChI=1S/C13H16O4/c14-13(15)6-8-17-12-4-2-1-3-11(12)10-5-7-16-9-10/h1-4,10H,5-9H2,(H,14,15). The first-order chi connectivity index (χ1) is 8.27. The predicted octanol–water partition coefficient (Wildman–Crippen LogP) is 2.04. The number of carboxylic acids is 1. The van der Waals surface area contributed by atoms with E-state index < -0.39 is 5.97 Å². The Labute approximate surface area is 100 Å². The number of aliphatic carboxylic acids is 1. The van der Waals surface area contributed by atoms with Crippen molar-refractivity contribution in [3.05, 3.63) is 29.8 Å². The maximum absolute atomic E-state index is 10.4. The van der Waals surface area contributed by atoms with Gasteiger partial charge >= 0.3 is 5.97 Å². The van der Waals surface area contributed by atoms with Gasteiger partial charge < -0.3 is 14.6 Å². The lowest BCUT2D eigenvalue weighted by molar-refractivity contribution is -0.137. The summed E-state index contributed by atoms with van der Waals surface area (Å²) in [5.74, 6) is 0.312. The molecule has 1 aliphatic heterocycles. The van der Waals surface area contributed by atoms with Crippen LogP contribution in [0, 0.1) is 0 Å². The molecule has 1 aromatic rings. The van der Waals surface area contributed by atoms with Gasteiger partial charge in [-0.2, -0.15) is 0 Å². The first-order valence-corrected chi connectivity index (χ1v) is 5.78. The largest absolute Gasteiger partial charge is 0.493 e. The van der Waals surface area contributed by atoms with Crippen LogP contribution in [0.2, 0.25) is 0 Å². The number of ether oxygens (including phenoxy) is 2. The molecule has 0 spiro atoms. The van der Waals surface area contributed by atoms with Gasteiger partial charge in [0.1, 0.15) is 5.75 Å².